The van der Waals surface area contributed by atoms with Crippen molar-refractivity contribution >= 4 is 0 Å². The van der Waals surface area contributed by atoms with Gasteiger partial charge in [-0.3, -0.25) is 4.90 Å². The molecule has 134 valence electrons. The molecule has 4 rings (SSSR count). The third-order valence-electron chi connectivity index (χ3n) is 4.60. The van der Waals surface area contributed by atoms with Crippen LogP contribution in [0, 0.1) is 6.92 Å². The number of aryl methyl sites for hydroxylation is 1. The van der Waals surface area contributed by atoms with Crippen molar-refractivity contribution < 1.29 is 9.26 Å². The first-order valence-corrected chi connectivity index (χ1v) is 8.76. The van der Waals surface area contributed by atoms with E-state index >= 15 is 0 Å². The lowest BCUT2D eigenvalue weighted by atomic mass is 9.95. The van der Waals surface area contributed by atoms with Crippen molar-refractivity contribution in [3.05, 3.63) is 77.7 Å². The van der Waals surface area contributed by atoms with Crippen LogP contribution in [-0.4, -0.2) is 33.2 Å². The van der Waals surface area contributed by atoms with Crippen LogP contribution >= 0.6 is 0 Å². The van der Waals surface area contributed by atoms with Gasteiger partial charge in [-0.05, 0) is 24.6 Å². The van der Waals surface area contributed by atoms with E-state index in [0.29, 0.717) is 13.2 Å². The summed E-state index contributed by atoms with van der Waals surface area (Å²) in [6.45, 7) is 7.74. The predicted molar refractivity (Wildman–Crippen MR) is 97.9 cm³/mol. The predicted octanol–water partition coefficient (Wildman–Crippen LogP) is 3.42. The van der Waals surface area contributed by atoms with E-state index in [0.717, 1.165) is 41.4 Å². The number of nitrogens with zero attached hydrogens (tertiary/aromatic N) is 3. The standard InChI is InChI=1S/C20H22N4O2/c1-3-9-25-16-6-4-5-15(11-16)20-19-18(21-13-22-19)7-8-24(20)12-17-10-14(2)23-26-17/h3-6,10-11,13,20H,1,7-9,12H2,2H3,(H,21,22). The van der Waals surface area contributed by atoms with Gasteiger partial charge in [0.25, 0.3) is 0 Å². The molecule has 2 aromatic heterocycles. The van der Waals surface area contributed by atoms with Crippen LogP contribution in [0.5, 0.6) is 5.75 Å². The zero-order valence-corrected chi connectivity index (χ0v) is 14.8. The van der Waals surface area contributed by atoms with E-state index in [1.165, 1.54) is 5.69 Å². The first-order chi connectivity index (χ1) is 12.7. The molecule has 6 heteroatoms. The Bertz CT molecular complexity index is 899. The van der Waals surface area contributed by atoms with Gasteiger partial charge in [-0.15, -0.1) is 0 Å². The second-order valence-corrected chi connectivity index (χ2v) is 6.50. The third kappa shape index (κ3) is 3.28. The zero-order chi connectivity index (χ0) is 17.9. The molecule has 0 fully saturated rings. The van der Waals surface area contributed by atoms with Gasteiger partial charge in [0, 0.05) is 24.7 Å². The number of rotatable bonds is 6. The number of imidazole rings is 1. The van der Waals surface area contributed by atoms with E-state index in [1.807, 2.05) is 25.1 Å². The lowest BCUT2D eigenvalue weighted by Crippen LogP contribution is -2.35. The van der Waals surface area contributed by atoms with Crippen LogP contribution in [-0.2, 0) is 13.0 Å². The minimum absolute atomic E-state index is 0.0442. The minimum Gasteiger partial charge on any atom is -0.490 e. The number of H-pyrrole nitrogens is 1. The average molecular weight is 350 g/mol. The molecule has 1 aliphatic rings. The van der Waals surface area contributed by atoms with Gasteiger partial charge in [-0.2, -0.15) is 0 Å². The van der Waals surface area contributed by atoms with Gasteiger partial charge in [0.2, 0.25) is 0 Å². The number of hydrogen-bond donors (Lipinski definition) is 1. The molecule has 3 heterocycles. The fourth-order valence-electron chi connectivity index (χ4n) is 3.48. The van der Waals surface area contributed by atoms with Gasteiger partial charge in [0.15, 0.2) is 5.76 Å². The molecule has 0 bridgehead atoms. The Balaban J connectivity index is 1.68. The summed E-state index contributed by atoms with van der Waals surface area (Å²) in [6, 6.07) is 10.2. The molecule has 0 amide bonds. The highest BCUT2D eigenvalue weighted by Gasteiger charge is 2.31. The van der Waals surface area contributed by atoms with E-state index in [-0.39, 0.29) is 6.04 Å². The smallest absolute Gasteiger partial charge is 0.150 e. The van der Waals surface area contributed by atoms with Crippen LogP contribution in [0.15, 0.2) is 53.8 Å². The normalized spacial score (nSPS) is 17.0. The average Bonchev–Trinajstić information content (AvgIpc) is 3.29. The molecule has 26 heavy (non-hydrogen) atoms. The Kier molecular flexibility index (Phi) is 4.58. The summed E-state index contributed by atoms with van der Waals surface area (Å²) >= 11 is 0. The molecule has 1 aliphatic heterocycles. The molecular weight excluding hydrogens is 328 g/mol. The van der Waals surface area contributed by atoms with Crippen molar-refractivity contribution in [2.75, 3.05) is 13.2 Å². The summed E-state index contributed by atoms with van der Waals surface area (Å²) in [5.74, 6) is 1.70. The van der Waals surface area contributed by atoms with Gasteiger partial charge in [-0.1, -0.05) is 29.9 Å². The van der Waals surface area contributed by atoms with Gasteiger partial charge in [-0.25, -0.2) is 4.98 Å². The van der Waals surface area contributed by atoms with Crippen LogP contribution in [0.3, 0.4) is 0 Å². The lowest BCUT2D eigenvalue weighted by molar-refractivity contribution is 0.177. The van der Waals surface area contributed by atoms with Crippen molar-refractivity contribution in [3.8, 4) is 5.75 Å². The van der Waals surface area contributed by atoms with Gasteiger partial charge in [0.05, 0.1) is 30.3 Å². The van der Waals surface area contributed by atoms with Gasteiger partial charge >= 0.3 is 0 Å². The number of benzene rings is 1. The van der Waals surface area contributed by atoms with Gasteiger partial charge in [0.1, 0.15) is 12.4 Å². The van der Waals surface area contributed by atoms with Crippen molar-refractivity contribution in [1.29, 1.82) is 0 Å². The number of fused-ring (bicyclic) bond motifs is 1. The van der Waals surface area contributed by atoms with E-state index in [4.69, 9.17) is 9.26 Å². The largest absolute Gasteiger partial charge is 0.490 e. The van der Waals surface area contributed by atoms with Crippen LogP contribution in [0.2, 0.25) is 0 Å². The SMILES string of the molecule is C=CCOc1cccc(C2c3nc[nH]c3CCN2Cc2cc(C)no2)c1. The Labute approximate surface area is 152 Å². The molecule has 0 radical (unpaired) electrons. The number of ether oxygens (including phenoxy) is 1. The maximum Gasteiger partial charge on any atom is 0.150 e. The molecule has 0 spiro atoms. The van der Waals surface area contributed by atoms with E-state index in [9.17, 15) is 0 Å². The number of hydrogen-bond acceptors (Lipinski definition) is 5. The second kappa shape index (κ2) is 7.17. The number of aromatic nitrogens is 3. The Hall–Kier alpha value is -2.86. The second-order valence-electron chi connectivity index (χ2n) is 6.50. The Morgan fingerprint density at radius 3 is 3.15 bits per heavy atom. The first-order valence-electron chi connectivity index (χ1n) is 8.76. The highest BCUT2D eigenvalue weighted by atomic mass is 16.5. The van der Waals surface area contributed by atoms with E-state index in [2.05, 4.69) is 38.7 Å². The van der Waals surface area contributed by atoms with Crippen molar-refractivity contribution in [2.24, 2.45) is 0 Å². The summed E-state index contributed by atoms with van der Waals surface area (Å²) in [4.78, 5) is 10.3. The topological polar surface area (TPSA) is 67.2 Å². The molecule has 0 saturated heterocycles. The van der Waals surface area contributed by atoms with Crippen LogP contribution in [0.25, 0.3) is 0 Å². The van der Waals surface area contributed by atoms with Crippen LogP contribution in [0.1, 0.15) is 34.4 Å². The molecular formula is C20H22N4O2. The van der Waals surface area contributed by atoms with Gasteiger partial charge < -0.3 is 14.2 Å². The highest BCUT2D eigenvalue weighted by molar-refractivity contribution is 5.37. The fraction of sp³-hybridized carbons (Fsp3) is 0.300. The first kappa shape index (κ1) is 16.6. The van der Waals surface area contributed by atoms with Crippen LogP contribution < -0.4 is 4.74 Å². The summed E-state index contributed by atoms with van der Waals surface area (Å²) in [5.41, 5.74) is 4.30. The van der Waals surface area contributed by atoms with Crippen LogP contribution in [0.4, 0.5) is 0 Å². The number of nitrogens with one attached hydrogen (secondary N) is 1. The summed E-state index contributed by atoms with van der Waals surface area (Å²) in [5, 5.41) is 4.01. The Morgan fingerprint density at radius 2 is 2.35 bits per heavy atom. The minimum atomic E-state index is 0.0442. The monoisotopic (exact) mass is 350 g/mol. The van der Waals surface area contributed by atoms with E-state index in [1.54, 1.807) is 12.4 Å². The fourth-order valence-corrected chi connectivity index (χ4v) is 3.48. The molecule has 0 aliphatic carbocycles. The molecule has 1 aromatic carbocycles. The molecule has 1 unspecified atom stereocenters. The maximum atomic E-state index is 5.72. The zero-order valence-electron chi connectivity index (χ0n) is 14.8. The summed E-state index contributed by atoms with van der Waals surface area (Å²) < 4.78 is 11.2. The quantitative estimate of drug-likeness (QED) is 0.690. The summed E-state index contributed by atoms with van der Waals surface area (Å²) in [6.07, 6.45) is 4.46. The molecule has 1 atom stereocenters. The van der Waals surface area contributed by atoms with Crippen molar-refractivity contribution in [2.45, 2.75) is 25.9 Å². The number of aromatic amines is 1. The Morgan fingerprint density at radius 1 is 1.42 bits per heavy atom. The van der Waals surface area contributed by atoms with E-state index < -0.39 is 0 Å². The summed E-state index contributed by atoms with van der Waals surface area (Å²) in [7, 11) is 0. The van der Waals surface area contributed by atoms with Crippen molar-refractivity contribution in [1.82, 2.24) is 20.0 Å². The molecule has 0 saturated carbocycles. The third-order valence-corrected chi connectivity index (χ3v) is 4.60. The molecule has 3 aromatic rings. The highest BCUT2D eigenvalue weighted by Crippen LogP contribution is 2.35. The lowest BCUT2D eigenvalue weighted by Gasteiger charge is -2.34. The molecule has 6 nitrogen and oxygen atoms in total. The van der Waals surface area contributed by atoms with Crippen molar-refractivity contribution in [3.63, 3.8) is 0 Å². The maximum absolute atomic E-state index is 5.72. The molecule has 1 N–H and O–H groups in total.